The Labute approximate surface area is 253 Å². The summed E-state index contributed by atoms with van der Waals surface area (Å²) in [6.45, 7) is -0.0494. The van der Waals surface area contributed by atoms with Crippen molar-refractivity contribution in [2.45, 2.75) is 42.4 Å². The number of piperidine rings is 1. The lowest BCUT2D eigenvalue weighted by atomic mass is 10.1. The largest absolute Gasteiger partial charge is 0.417 e. The normalized spacial score (nSPS) is 19.7. The molecule has 6 rings (SSSR count). The van der Waals surface area contributed by atoms with Crippen molar-refractivity contribution in [3.05, 3.63) is 71.9 Å². The van der Waals surface area contributed by atoms with Gasteiger partial charge in [0.05, 0.1) is 40.2 Å². The lowest BCUT2D eigenvalue weighted by molar-refractivity contribution is -0.137. The Balaban J connectivity index is 1.30. The number of benzene rings is 2. The molecule has 16 heteroatoms. The Morgan fingerprint density at radius 2 is 1.67 bits per heavy atom. The van der Waals surface area contributed by atoms with Crippen molar-refractivity contribution < 1.29 is 39.6 Å². The minimum atomic E-state index is -4.51. The summed E-state index contributed by atoms with van der Waals surface area (Å²) in [6, 6.07) is 11.6. The minimum absolute atomic E-state index is 0.00290. The van der Waals surface area contributed by atoms with Gasteiger partial charge in [-0.05, 0) is 35.9 Å². The van der Waals surface area contributed by atoms with E-state index in [9.17, 15) is 35.2 Å². The molecular formula is C29H25F5N6O4S. The summed E-state index contributed by atoms with van der Waals surface area (Å²) >= 11 is 0. The van der Waals surface area contributed by atoms with Crippen LogP contribution >= 0.6 is 0 Å². The molecule has 2 aliphatic rings. The number of sulfone groups is 1. The molecule has 2 aromatic heterocycles. The zero-order valence-corrected chi connectivity index (χ0v) is 24.2. The van der Waals surface area contributed by atoms with Crippen LogP contribution in [0.25, 0.3) is 22.7 Å². The molecule has 0 unspecified atom stereocenters. The van der Waals surface area contributed by atoms with Gasteiger partial charge in [0.2, 0.25) is 11.8 Å². The molecule has 4 aromatic rings. The fourth-order valence-electron chi connectivity index (χ4n) is 5.18. The van der Waals surface area contributed by atoms with Crippen molar-refractivity contribution in [2.24, 2.45) is 5.73 Å². The Bertz CT molecular complexity index is 1840. The molecule has 1 fully saturated rings. The lowest BCUT2D eigenvalue weighted by Crippen LogP contribution is -2.45. The molecule has 0 saturated carbocycles. The zero-order chi connectivity index (χ0) is 32.1. The number of hydrogen-bond donors (Lipinski definition) is 1. The van der Waals surface area contributed by atoms with Crippen molar-refractivity contribution >= 4 is 27.4 Å². The third-order valence-corrected chi connectivity index (χ3v) is 9.49. The maximum atomic E-state index is 13.6. The number of anilines is 2. The smallest absolute Gasteiger partial charge is 0.403 e. The monoisotopic (exact) mass is 648 g/mol. The first-order valence-corrected chi connectivity index (χ1v) is 15.4. The van der Waals surface area contributed by atoms with E-state index in [-0.39, 0.29) is 55.0 Å². The first-order chi connectivity index (χ1) is 21.2. The number of fused-ring (bicyclic) bond motifs is 1. The van der Waals surface area contributed by atoms with Crippen LogP contribution in [0.3, 0.4) is 0 Å². The van der Waals surface area contributed by atoms with E-state index >= 15 is 0 Å². The van der Waals surface area contributed by atoms with E-state index in [1.807, 2.05) is 0 Å². The number of carbonyl (C=O) groups is 1. The lowest BCUT2D eigenvalue weighted by Gasteiger charge is -2.30. The van der Waals surface area contributed by atoms with Crippen molar-refractivity contribution in [1.29, 1.82) is 0 Å². The molecule has 0 radical (unpaired) electrons. The van der Waals surface area contributed by atoms with Crippen LogP contribution in [-0.2, 0) is 27.4 Å². The summed E-state index contributed by atoms with van der Waals surface area (Å²) in [4.78, 5) is 20.0. The number of nitrogens with zero attached hydrogens (tertiary/aromatic N) is 5. The predicted molar refractivity (Wildman–Crippen MR) is 152 cm³/mol. The van der Waals surface area contributed by atoms with E-state index in [0.29, 0.717) is 22.4 Å². The van der Waals surface area contributed by atoms with Gasteiger partial charge in [-0.2, -0.15) is 13.2 Å². The fraction of sp³-hybridized carbons (Fsp3) is 0.310. The number of aromatic nitrogens is 3. The Kier molecular flexibility index (Phi) is 7.59. The van der Waals surface area contributed by atoms with Gasteiger partial charge in [-0.3, -0.25) is 9.78 Å². The number of carbonyl (C=O) groups excluding carboxylic acids is 1. The van der Waals surface area contributed by atoms with Crippen LogP contribution in [0.15, 0.2) is 70.1 Å². The van der Waals surface area contributed by atoms with Gasteiger partial charge in [-0.1, -0.05) is 29.4 Å². The van der Waals surface area contributed by atoms with Gasteiger partial charge in [0.25, 0.3) is 5.92 Å². The van der Waals surface area contributed by atoms with Crippen molar-refractivity contribution in [1.82, 2.24) is 15.2 Å². The van der Waals surface area contributed by atoms with Gasteiger partial charge < -0.3 is 20.0 Å². The molecule has 2 N–H and O–H groups in total. The van der Waals surface area contributed by atoms with Gasteiger partial charge in [0, 0.05) is 43.3 Å². The number of hydrogen-bond acceptors (Lipinski definition) is 9. The highest BCUT2D eigenvalue weighted by Crippen LogP contribution is 2.37. The molecule has 45 heavy (non-hydrogen) atoms. The van der Waals surface area contributed by atoms with Crippen LogP contribution < -0.4 is 15.5 Å². The van der Waals surface area contributed by atoms with Crippen LogP contribution in [-0.4, -0.2) is 60.3 Å². The molecule has 1 amide bonds. The van der Waals surface area contributed by atoms with E-state index in [1.54, 1.807) is 29.2 Å². The molecule has 1 saturated heterocycles. The molecule has 0 bridgehead atoms. The van der Waals surface area contributed by atoms with Crippen LogP contribution in [0.4, 0.5) is 33.7 Å². The summed E-state index contributed by atoms with van der Waals surface area (Å²) in [5, 5.41) is 7.99. The summed E-state index contributed by atoms with van der Waals surface area (Å²) in [5.74, 6) is -4.03. The zero-order valence-electron chi connectivity index (χ0n) is 23.3. The van der Waals surface area contributed by atoms with Gasteiger partial charge in [0.1, 0.15) is 0 Å². The number of pyridine rings is 1. The van der Waals surface area contributed by atoms with Gasteiger partial charge in [-0.25, -0.2) is 17.2 Å². The second-order valence-electron chi connectivity index (χ2n) is 10.9. The standard InChI is InChI=1S/C29H25F5N6O4S/c30-28(31)9-11-39(12-10-28)27-38-37-25(44-27)19-5-8-24-23(13-19)40(26(41)21(35)16-45(24,42)43)15-17-1-3-18(4-2-17)22-7-6-20(14-36-22)29(32,33)34/h1-8,13-14,21H,9-12,15-16,35H2/t21-/m0/s1. The van der Waals surface area contributed by atoms with E-state index in [4.69, 9.17) is 10.2 Å². The molecule has 1 atom stereocenters. The highest BCUT2D eigenvalue weighted by atomic mass is 32.2. The topological polar surface area (TPSA) is 136 Å². The summed E-state index contributed by atoms with van der Waals surface area (Å²) < 4.78 is 98.0. The molecule has 0 aliphatic carbocycles. The van der Waals surface area contributed by atoms with Gasteiger partial charge in [0.15, 0.2) is 9.84 Å². The molecule has 2 aromatic carbocycles. The Hall–Kier alpha value is -4.44. The van der Waals surface area contributed by atoms with Crippen LogP contribution in [0.2, 0.25) is 0 Å². The minimum Gasteiger partial charge on any atom is -0.403 e. The summed E-state index contributed by atoms with van der Waals surface area (Å²) in [6.07, 6.45) is -4.49. The van der Waals surface area contributed by atoms with Crippen molar-refractivity contribution in [3.63, 3.8) is 0 Å². The van der Waals surface area contributed by atoms with E-state index in [0.717, 1.165) is 12.3 Å². The summed E-state index contributed by atoms with van der Waals surface area (Å²) in [7, 11) is -3.99. The van der Waals surface area contributed by atoms with Gasteiger partial charge >= 0.3 is 12.2 Å². The predicted octanol–water partition coefficient (Wildman–Crippen LogP) is 4.70. The highest BCUT2D eigenvalue weighted by Gasteiger charge is 2.38. The second-order valence-corrected chi connectivity index (χ2v) is 12.9. The Morgan fingerprint density at radius 3 is 2.31 bits per heavy atom. The third kappa shape index (κ3) is 6.24. The van der Waals surface area contributed by atoms with E-state index in [2.05, 4.69) is 15.2 Å². The average molecular weight is 649 g/mol. The second kappa shape index (κ2) is 11.2. The first-order valence-electron chi connectivity index (χ1n) is 13.7. The average Bonchev–Trinajstić information content (AvgIpc) is 3.47. The van der Waals surface area contributed by atoms with E-state index < -0.39 is 45.2 Å². The number of alkyl halides is 5. The molecule has 4 heterocycles. The summed E-state index contributed by atoms with van der Waals surface area (Å²) in [5.41, 5.74) is 6.88. The van der Waals surface area contributed by atoms with Crippen molar-refractivity contribution in [2.75, 3.05) is 28.6 Å². The molecule has 236 valence electrons. The van der Waals surface area contributed by atoms with Crippen LogP contribution in [0, 0.1) is 0 Å². The molecule has 10 nitrogen and oxygen atoms in total. The first kappa shape index (κ1) is 30.6. The molecule has 0 spiro atoms. The third-order valence-electron chi connectivity index (χ3n) is 7.67. The van der Waals surface area contributed by atoms with Crippen molar-refractivity contribution in [3.8, 4) is 22.7 Å². The number of nitrogens with two attached hydrogens (primary N) is 1. The number of amides is 1. The van der Waals surface area contributed by atoms with Gasteiger partial charge in [-0.15, -0.1) is 5.10 Å². The van der Waals surface area contributed by atoms with Crippen LogP contribution in [0.1, 0.15) is 24.0 Å². The molecular weight excluding hydrogens is 623 g/mol. The SMILES string of the molecule is N[C@H]1CS(=O)(=O)c2ccc(-c3nnc(N4CCC(F)(F)CC4)o3)cc2N(Cc2ccc(-c3ccc(C(F)(F)F)cn3)cc2)C1=O. The van der Waals surface area contributed by atoms with Crippen LogP contribution in [0.5, 0.6) is 0 Å². The van der Waals surface area contributed by atoms with E-state index in [1.165, 1.54) is 29.2 Å². The highest BCUT2D eigenvalue weighted by molar-refractivity contribution is 7.91. The maximum absolute atomic E-state index is 13.6. The molecule has 2 aliphatic heterocycles. The maximum Gasteiger partial charge on any atom is 0.417 e. The number of rotatable bonds is 5. The Morgan fingerprint density at radius 1 is 0.978 bits per heavy atom. The fourth-order valence-corrected chi connectivity index (χ4v) is 6.74. The quantitative estimate of drug-likeness (QED) is 0.306. The number of halogens is 5.